The Labute approximate surface area is 100 Å². The standard InChI is InChI=1S/C12H19NO4/c1-11(2,3)8(14)9(15)13-5-4-7-6-12(7,13)10(16)17/h7-8,14H,4-6H2,1-3H3,(H,16,17)/t7-,8+,12+/m1/s1. The van der Waals surface area contributed by atoms with Crippen molar-refractivity contribution in [3.05, 3.63) is 0 Å². The fraction of sp³-hybridized carbons (Fsp3) is 0.833. The van der Waals surface area contributed by atoms with Crippen LogP contribution in [0.15, 0.2) is 0 Å². The molecule has 0 unspecified atom stereocenters. The molecule has 5 nitrogen and oxygen atoms in total. The number of rotatable bonds is 2. The predicted octanol–water partition coefficient (Wildman–Crippen LogP) is 0.469. The normalized spacial score (nSPS) is 33.2. The maximum absolute atomic E-state index is 12.2. The first-order valence-electron chi connectivity index (χ1n) is 5.94. The van der Waals surface area contributed by atoms with Crippen LogP contribution < -0.4 is 0 Å². The Morgan fingerprint density at radius 1 is 1.41 bits per heavy atom. The summed E-state index contributed by atoms with van der Waals surface area (Å²) in [6, 6.07) is 0. The van der Waals surface area contributed by atoms with Crippen molar-refractivity contribution in [2.24, 2.45) is 11.3 Å². The largest absolute Gasteiger partial charge is 0.479 e. The van der Waals surface area contributed by atoms with E-state index in [1.807, 2.05) is 0 Å². The minimum atomic E-state index is -1.14. The summed E-state index contributed by atoms with van der Waals surface area (Å²) in [5, 5.41) is 19.2. The van der Waals surface area contributed by atoms with Crippen molar-refractivity contribution in [2.75, 3.05) is 6.54 Å². The number of likely N-dealkylation sites (tertiary alicyclic amines) is 1. The van der Waals surface area contributed by atoms with Gasteiger partial charge in [0.1, 0.15) is 11.6 Å². The first kappa shape index (κ1) is 12.4. The number of fused-ring (bicyclic) bond motifs is 1. The fourth-order valence-electron chi connectivity index (χ4n) is 2.67. The number of piperidine rings is 1. The molecule has 17 heavy (non-hydrogen) atoms. The molecule has 0 spiro atoms. The number of carboxylic acids is 1. The highest BCUT2D eigenvalue weighted by molar-refractivity contribution is 5.93. The van der Waals surface area contributed by atoms with Crippen molar-refractivity contribution in [1.29, 1.82) is 0 Å². The Bertz CT molecular complexity index is 373. The van der Waals surface area contributed by atoms with Crippen molar-refractivity contribution in [2.45, 2.75) is 45.3 Å². The van der Waals surface area contributed by atoms with Gasteiger partial charge < -0.3 is 15.1 Å². The number of hydrogen-bond acceptors (Lipinski definition) is 3. The van der Waals surface area contributed by atoms with Crippen LogP contribution in [0.5, 0.6) is 0 Å². The fourth-order valence-corrected chi connectivity index (χ4v) is 2.67. The number of hydrogen-bond donors (Lipinski definition) is 2. The van der Waals surface area contributed by atoms with Crippen LogP contribution in [-0.4, -0.2) is 45.2 Å². The number of carbonyl (C=O) groups is 2. The van der Waals surface area contributed by atoms with Crippen molar-refractivity contribution in [3.63, 3.8) is 0 Å². The van der Waals surface area contributed by atoms with Gasteiger partial charge in [0.25, 0.3) is 5.91 Å². The molecule has 5 heteroatoms. The van der Waals surface area contributed by atoms with Crippen LogP contribution in [0, 0.1) is 11.3 Å². The van der Waals surface area contributed by atoms with Gasteiger partial charge in [-0.05, 0) is 24.2 Å². The number of nitrogens with zero attached hydrogens (tertiary/aromatic N) is 1. The lowest BCUT2D eigenvalue weighted by molar-refractivity contribution is -0.158. The van der Waals surface area contributed by atoms with E-state index in [0.717, 1.165) is 6.42 Å². The van der Waals surface area contributed by atoms with Crippen LogP contribution in [0.2, 0.25) is 0 Å². The summed E-state index contributed by atoms with van der Waals surface area (Å²) < 4.78 is 0. The van der Waals surface area contributed by atoms with E-state index in [4.69, 9.17) is 0 Å². The molecule has 1 heterocycles. The topological polar surface area (TPSA) is 77.8 Å². The van der Waals surface area contributed by atoms with E-state index in [2.05, 4.69) is 0 Å². The van der Waals surface area contributed by atoms with Crippen LogP contribution in [0.4, 0.5) is 0 Å². The third-order valence-electron chi connectivity index (χ3n) is 3.95. The van der Waals surface area contributed by atoms with Gasteiger partial charge in [0.2, 0.25) is 0 Å². The second kappa shape index (κ2) is 3.45. The number of aliphatic carboxylic acids is 1. The predicted molar refractivity (Wildman–Crippen MR) is 60.3 cm³/mol. The summed E-state index contributed by atoms with van der Waals surface area (Å²) in [5.41, 5.74) is -1.58. The Balaban J connectivity index is 2.19. The second-order valence-electron chi connectivity index (χ2n) is 6.18. The maximum Gasteiger partial charge on any atom is 0.329 e. The van der Waals surface area contributed by atoms with E-state index in [1.165, 1.54) is 4.90 Å². The van der Waals surface area contributed by atoms with E-state index in [1.54, 1.807) is 20.8 Å². The molecule has 0 aromatic carbocycles. The molecule has 0 aromatic heterocycles. The lowest BCUT2D eigenvalue weighted by Gasteiger charge is -2.32. The zero-order chi connectivity index (χ0) is 13.0. The van der Waals surface area contributed by atoms with Crippen molar-refractivity contribution >= 4 is 11.9 Å². The molecule has 1 saturated carbocycles. The number of aliphatic hydroxyl groups is 1. The molecule has 1 aliphatic heterocycles. The average molecular weight is 241 g/mol. The monoisotopic (exact) mass is 241 g/mol. The molecule has 3 atom stereocenters. The van der Waals surface area contributed by atoms with Crippen LogP contribution in [0.3, 0.4) is 0 Å². The quantitative estimate of drug-likeness (QED) is 0.736. The first-order chi connectivity index (χ1) is 7.71. The Morgan fingerprint density at radius 2 is 2.00 bits per heavy atom. The minimum Gasteiger partial charge on any atom is -0.479 e. The minimum absolute atomic E-state index is 0.0797. The third kappa shape index (κ3) is 1.64. The van der Waals surface area contributed by atoms with Crippen molar-refractivity contribution in [3.8, 4) is 0 Å². The summed E-state index contributed by atoms with van der Waals surface area (Å²) in [6.45, 7) is 5.75. The third-order valence-corrected chi connectivity index (χ3v) is 3.95. The van der Waals surface area contributed by atoms with Crippen molar-refractivity contribution < 1.29 is 19.8 Å². The average Bonchev–Trinajstić information content (AvgIpc) is 2.83. The van der Waals surface area contributed by atoms with E-state index >= 15 is 0 Å². The lowest BCUT2D eigenvalue weighted by Crippen LogP contribution is -2.52. The van der Waals surface area contributed by atoms with Crippen molar-refractivity contribution in [1.82, 2.24) is 4.90 Å². The summed E-state index contributed by atoms with van der Waals surface area (Å²) in [4.78, 5) is 24.8. The Hall–Kier alpha value is -1.10. The van der Waals surface area contributed by atoms with E-state index < -0.39 is 28.9 Å². The molecule has 1 aliphatic carbocycles. The van der Waals surface area contributed by atoms with Gasteiger partial charge in [0.15, 0.2) is 0 Å². The highest BCUT2D eigenvalue weighted by Gasteiger charge is 2.69. The summed E-state index contributed by atoms with van der Waals surface area (Å²) in [7, 11) is 0. The summed E-state index contributed by atoms with van der Waals surface area (Å²) >= 11 is 0. The molecular weight excluding hydrogens is 222 g/mol. The highest BCUT2D eigenvalue weighted by Crippen LogP contribution is 2.56. The molecule has 2 rings (SSSR count). The number of carbonyl (C=O) groups excluding carboxylic acids is 1. The molecule has 2 aliphatic rings. The smallest absolute Gasteiger partial charge is 0.329 e. The van der Waals surface area contributed by atoms with Gasteiger partial charge in [-0.25, -0.2) is 4.79 Å². The van der Waals surface area contributed by atoms with Gasteiger partial charge in [-0.3, -0.25) is 4.79 Å². The molecular formula is C12H19NO4. The van der Waals surface area contributed by atoms with Crippen LogP contribution >= 0.6 is 0 Å². The van der Waals surface area contributed by atoms with E-state index in [0.29, 0.717) is 13.0 Å². The molecule has 2 fully saturated rings. The zero-order valence-electron chi connectivity index (χ0n) is 10.4. The van der Waals surface area contributed by atoms with Crippen LogP contribution in [0.25, 0.3) is 0 Å². The maximum atomic E-state index is 12.2. The van der Waals surface area contributed by atoms with E-state index in [-0.39, 0.29) is 5.92 Å². The van der Waals surface area contributed by atoms with Gasteiger partial charge in [-0.15, -0.1) is 0 Å². The Kier molecular flexibility index (Phi) is 2.51. The number of amides is 1. The molecule has 2 N–H and O–H groups in total. The second-order valence-corrected chi connectivity index (χ2v) is 6.18. The summed E-state index contributed by atoms with van der Waals surface area (Å²) in [6.07, 6.45) is 0.123. The molecule has 0 aromatic rings. The van der Waals surface area contributed by atoms with Gasteiger partial charge in [0, 0.05) is 6.54 Å². The molecule has 0 radical (unpaired) electrons. The molecule has 96 valence electrons. The van der Waals surface area contributed by atoms with Gasteiger partial charge in [0.05, 0.1) is 0 Å². The van der Waals surface area contributed by atoms with Gasteiger partial charge in [-0.2, -0.15) is 0 Å². The first-order valence-corrected chi connectivity index (χ1v) is 5.94. The Morgan fingerprint density at radius 3 is 2.41 bits per heavy atom. The van der Waals surface area contributed by atoms with Crippen LogP contribution in [0.1, 0.15) is 33.6 Å². The lowest BCUT2D eigenvalue weighted by atomic mass is 9.88. The van der Waals surface area contributed by atoms with Gasteiger partial charge in [-0.1, -0.05) is 20.8 Å². The van der Waals surface area contributed by atoms with Crippen LogP contribution in [-0.2, 0) is 9.59 Å². The zero-order valence-corrected chi connectivity index (χ0v) is 10.4. The highest BCUT2D eigenvalue weighted by atomic mass is 16.4. The SMILES string of the molecule is CC(C)(C)[C@@H](O)C(=O)N1CC[C@@H]2C[C@@]21C(=O)O. The van der Waals surface area contributed by atoms with E-state index in [9.17, 15) is 19.8 Å². The van der Waals surface area contributed by atoms with Gasteiger partial charge >= 0.3 is 5.97 Å². The molecule has 0 bridgehead atoms. The molecule has 1 saturated heterocycles. The molecule has 1 amide bonds. The number of carboxylic acid groups (broad SMARTS) is 1. The summed E-state index contributed by atoms with van der Waals surface area (Å²) in [5.74, 6) is -1.30. The number of aliphatic hydroxyl groups excluding tert-OH is 1.